The molecule has 0 heterocycles. The number of halogens is 1. The highest BCUT2D eigenvalue weighted by Crippen LogP contribution is 2.30. The van der Waals surface area contributed by atoms with E-state index in [-0.39, 0.29) is 34.8 Å². The Bertz CT molecular complexity index is 1800. The lowest BCUT2D eigenvalue weighted by Gasteiger charge is -2.33. The van der Waals surface area contributed by atoms with Crippen molar-refractivity contribution in [1.82, 2.24) is 10.2 Å². The number of hydrogen-bond acceptors (Lipinski definition) is 7. The minimum atomic E-state index is -4.54. The summed E-state index contributed by atoms with van der Waals surface area (Å²) in [4.78, 5) is 39.7. The topological polar surface area (TPSA) is 139 Å². The summed E-state index contributed by atoms with van der Waals surface area (Å²) < 4.78 is 34.5. The molecule has 4 rings (SSSR count). The molecule has 46 heavy (non-hydrogen) atoms. The van der Waals surface area contributed by atoms with Crippen molar-refractivity contribution in [3.05, 3.63) is 129 Å². The maximum atomic E-state index is 14.4. The van der Waals surface area contributed by atoms with Gasteiger partial charge in [-0.05, 0) is 60.5 Å². The second-order valence-corrected chi connectivity index (χ2v) is 12.7. The largest absolute Gasteiger partial charge is 0.497 e. The summed E-state index contributed by atoms with van der Waals surface area (Å²) in [6.07, 6.45) is 0.152. The number of aryl methyl sites for hydroxylation is 1. The first-order valence-corrected chi connectivity index (χ1v) is 16.0. The lowest BCUT2D eigenvalue weighted by atomic mass is 10.0. The van der Waals surface area contributed by atoms with Crippen LogP contribution in [-0.2, 0) is 32.6 Å². The average Bonchev–Trinajstić information content (AvgIpc) is 3.06. The molecular formula is C33H33ClN4O7S. The first-order chi connectivity index (χ1) is 21.9. The van der Waals surface area contributed by atoms with Crippen LogP contribution in [0.4, 0.5) is 11.4 Å². The molecule has 1 N–H and O–H groups in total. The van der Waals surface area contributed by atoms with Crippen molar-refractivity contribution in [1.29, 1.82) is 0 Å². The number of ether oxygens (including phenoxy) is 1. The van der Waals surface area contributed by atoms with E-state index in [2.05, 4.69) is 5.32 Å². The van der Waals surface area contributed by atoms with Crippen LogP contribution in [0.2, 0.25) is 5.02 Å². The predicted octanol–water partition coefficient (Wildman–Crippen LogP) is 5.15. The summed E-state index contributed by atoms with van der Waals surface area (Å²) in [5, 5.41) is 14.8. The lowest BCUT2D eigenvalue weighted by Crippen LogP contribution is -2.53. The van der Waals surface area contributed by atoms with Gasteiger partial charge >= 0.3 is 0 Å². The number of nitro benzene ring substituents is 1. The fourth-order valence-electron chi connectivity index (χ4n) is 4.86. The van der Waals surface area contributed by atoms with Crippen LogP contribution in [0.5, 0.6) is 5.75 Å². The smallest absolute Gasteiger partial charge is 0.273 e. The third kappa shape index (κ3) is 8.01. The van der Waals surface area contributed by atoms with Crippen LogP contribution in [0.25, 0.3) is 0 Å². The summed E-state index contributed by atoms with van der Waals surface area (Å²) in [7, 11) is -1.62. The number of benzene rings is 4. The Kier molecular flexibility index (Phi) is 11.0. The van der Waals surface area contributed by atoms with E-state index in [1.54, 1.807) is 24.3 Å². The second kappa shape index (κ2) is 14.9. The molecule has 0 saturated carbocycles. The Morgan fingerprint density at radius 1 is 0.957 bits per heavy atom. The van der Waals surface area contributed by atoms with E-state index in [1.807, 2.05) is 30.3 Å². The van der Waals surface area contributed by atoms with E-state index < -0.39 is 39.3 Å². The molecule has 0 fully saturated rings. The zero-order chi connectivity index (χ0) is 33.4. The number of nitrogens with one attached hydrogen (secondary N) is 1. The number of methoxy groups -OCH3 is 1. The molecule has 0 saturated heterocycles. The number of sulfonamides is 1. The van der Waals surface area contributed by atoms with Gasteiger partial charge in [0.05, 0.1) is 22.6 Å². The van der Waals surface area contributed by atoms with Crippen LogP contribution in [0, 0.1) is 17.0 Å². The first kappa shape index (κ1) is 33.9. The van der Waals surface area contributed by atoms with Gasteiger partial charge in [-0.15, -0.1) is 0 Å². The molecule has 0 aliphatic carbocycles. The summed E-state index contributed by atoms with van der Waals surface area (Å²) in [5.41, 5.74) is 1.46. The summed E-state index contributed by atoms with van der Waals surface area (Å²) in [6.45, 7) is 0.749. The van der Waals surface area contributed by atoms with Crippen molar-refractivity contribution < 1.29 is 27.7 Å². The van der Waals surface area contributed by atoms with Gasteiger partial charge in [0, 0.05) is 36.7 Å². The van der Waals surface area contributed by atoms with Crippen molar-refractivity contribution in [3.63, 3.8) is 0 Å². The number of rotatable bonds is 13. The highest BCUT2D eigenvalue weighted by Gasteiger charge is 2.35. The van der Waals surface area contributed by atoms with Crippen LogP contribution in [0.15, 0.2) is 102 Å². The van der Waals surface area contributed by atoms with Crippen LogP contribution in [0.1, 0.15) is 16.7 Å². The Morgan fingerprint density at radius 3 is 2.20 bits per heavy atom. The molecule has 0 bridgehead atoms. The number of amides is 2. The zero-order valence-electron chi connectivity index (χ0n) is 25.4. The molecule has 1 atom stereocenters. The van der Waals surface area contributed by atoms with E-state index in [4.69, 9.17) is 16.3 Å². The minimum Gasteiger partial charge on any atom is -0.497 e. The standard InChI is InChI=1S/C33H33ClN4O7S/c1-23-9-18-29(20-30(23)38(41)42)46(43,44)37(27-14-16-28(45-3)17-15-27)22-32(39)36(21-25-10-12-26(34)13-11-25)31(33(40)35-2)19-24-7-5-4-6-8-24/h4-18,20,31H,19,21-22H2,1-3H3,(H,35,40)/t31-/m0/s1. The fraction of sp³-hybridized carbons (Fsp3) is 0.212. The lowest BCUT2D eigenvalue weighted by molar-refractivity contribution is -0.385. The molecule has 0 unspecified atom stereocenters. The molecule has 0 radical (unpaired) electrons. The maximum absolute atomic E-state index is 14.4. The summed E-state index contributed by atoms with van der Waals surface area (Å²) in [5.74, 6) is -0.676. The third-order valence-corrected chi connectivity index (χ3v) is 9.41. The van der Waals surface area contributed by atoms with Crippen molar-refractivity contribution in [2.75, 3.05) is 25.0 Å². The van der Waals surface area contributed by atoms with E-state index in [9.17, 15) is 28.1 Å². The van der Waals surface area contributed by atoms with Crippen molar-refractivity contribution >= 4 is 44.8 Å². The first-order valence-electron chi connectivity index (χ1n) is 14.2. The molecule has 13 heteroatoms. The minimum absolute atomic E-state index is 0.0343. The van der Waals surface area contributed by atoms with Crippen molar-refractivity contribution in [3.8, 4) is 5.75 Å². The van der Waals surface area contributed by atoms with Crippen LogP contribution < -0.4 is 14.4 Å². The van der Waals surface area contributed by atoms with Gasteiger partial charge in [-0.2, -0.15) is 0 Å². The number of nitro groups is 1. The molecular weight excluding hydrogens is 632 g/mol. The monoisotopic (exact) mass is 664 g/mol. The fourth-order valence-corrected chi connectivity index (χ4v) is 6.42. The van der Waals surface area contributed by atoms with Gasteiger partial charge < -0.3 is 15.0 Å². The Labute approximate surface area is 272 Å². The van der Waals surface area contributed by atoms with Gasteiger partial charge in [0.1, 0.15) is 18.3 Å². The SMILES string of the molecule is CNC(=O)[C@H](Cc1ccccc1)N(Cc1ccc(Cl)cc1)C(=O)CN(c1ccc(OC)cc1)S(=O)(=O)c1ccc(C)c([N+](=O)[O-])c1. The van der Waals surface area contributed by atoms with Crippen LogP contribution in [0.3, 0.4) is 0 Å². The molecule has 11 nitrogen and oxygen atoms in total. The average molecular weight is 665 g/mol. The predicted molar refractivity (Wildman–Crippen MR) is 175 cm³/mol. The summed E-state index contributed by atoms with van der Waals surface area (Å²) >= 11 is 6.09. The van der Waals surface area contributed by atoms with E-state index in [0.717, 1.165) is 15.9 Å². The Hall–Kier alpha value is -4.94. The third-order valence-electron chi connectivity index (χ3n) is 7.39. The summed E-state index contributed by atoms with van der Waals surface area (Å²) in [6, 6.07) is 24.4. The van der Waals surface area contributed by atoms with Crippen LogP contribution in [-0.4, -0.2) is 56.8 Å². The van der Waals surface area contributed by atoms with Gasteiger partial charge in [0.2, 0.25) is 11.8 Å². The second-order valence-electron chi connectivity index (χ2n) is 10.4. The number of carbonyl (C=O) groups is 2. The Morgan fingerprint density at radius 2 is 1.61 bits per heavy atom. The number of nitrogens with zero attached hydrogens (tertiary/aromatic N) is 3. The van der Waals surface area contributed by atoms with E-state index in [1.165, 1.54) is 62.4 Å². The molecule has 4 aromatic rings. The van der Waals surface area contributed by atoms with E-state index >= 15 is 0 Å². The normalized spacial score (nSPS) is 11.7. The van der Waals surface area contributed by atoms with Crippen molar-refractivity contribution in [2.45, 2.75) is 30.8 Å². The quantitative estimate of drug-likeness (QED) is 0.154. The molecule has 0 spiro atoms. The molecule has 0 aromatic heterocycles. The van der Waals surface area contributed by atoms with Gasteiger partial charge in [0.15, 0.2) is 0 Å². The molecule has 2 amide bonds. The zero-order valence-corrected chi connectivity index (χ0v) is 27.0. The van der Waals surface area contributed by atoms with Crippen LogP contribution >= 0.6 is 11.6 Å². The molecule has 0 aliphatic rings. The maximum Gasteiger partial charge on any atom is 0.273 e. The van der Waals surface area contributed by atoms with E-state index in [0.29, 0.717) is 16.3 Å². The number of hydrogen-bond donors (Lipinski definition) is 1. The van der Waals surface area contributed by atoms with Crippen molar-refractivity contribution in [2.24, 2.45) is 0 Å². The van der Waals surface area contributed by atoms with Gasteiger partial charge in [0.25, 0.3) is 15.7 Å². The highest BCUT2D eigenvalue weighted by atomic mass is 35.5. The number of carbonyl (C=O) groups excluding carboxylic acids is 2. The Balaban J connectivity index is 1.82. The number of anilines is 1. The molecule has 4 aromatic carbocycles. The highest BCUT2D eigenvalue weighted by molar-refractivity contribution is 7.92. The molecule has 0 aliphatic heterocycles. The van der Waals surface area contributed by atoms with Gasteiger partial charge in [-0.3, -0.25) is 24.0 Å². The molecule has 240 valence electrons. The number of likely N-dealkylation sites (N-methyl/N-ethyl adjacent to an activating group) is 1. The van der Waals surface area contributed by atoms with Gasteiger partial charge in [-0.25, -0.2) is 8.42 Å². The van der Waals surface area contributed by atoms with Gasteiger partial charge in [-0.1, -0.05) is 60.1 Å².